The Bertz CT molecular complexity index is 466. The van der Waals surface area contributed by atoms with Crippen LogP contribution in [0.2, 0.25) is 0 Å². The Morgan fingerprint density at radius 2 is 0.750 bits per heavy atom. The topological polar surface area (TPSA) is 48.1 Å². The van der Waals surface area contributed by atoms with Crippen LogP contribution in [0.5, 0.6) is 0 Å². The summed E-state index contributed by atoms with van der Waals surface area (Å²) in [6, 6.07) is 21.0. The van der Waals surface area contributed by atoms with Crippen molar-refractivity contribution in [1.82, 2.24) is 21.3 Å². The summed E-state index contributed by atoms with van der Waals surface area (Å²) in [6.07, 6.45) is 0. The SMILES string of the molecule is c1ccc(CNCCNCCNCCNCc2ccccc2)cc1. The first-order valence-corrected chi connectivity index (χ1v) is 8.86. The van der Waals surface area contributed by atoms with Gasteiger partial charge in [0.2, 0.25) is 0 Å². The first-order valence-electron chi connectivity index (χ1n) is 8.86. The molecule has 0 spiro atoms. The van der Waals surface area contributed by atoms with E-state index in [4.69, 9.17) is 0 Å². The van der Waals surface area contributed by atoms with Gasteiger partial charge in [-0.2, -0.15) is 0 Å². The fourth-order valence-electron chi connectivity index (χ4n) is 2.44. The van der Waals surface area contributed by atoms with E-state index in [9.17, 15) is 0 Å². The molecule has 0 saturated carbocycles. The Labute approximate surface area is 146 Å². The quantitative estimate of drug-likeness (QED) is 0.424. The lowest BCUT2D eigenvalue weighted by molar-refractivity contribution is 0.566. The molecular weight excluding hydrogens is 296 g/mol. The number of rotatable bonds is 13. The zero-order valence-corrected chi connectivity index (χ0v) is 14.4. The Balaban J connectivity index is 1.32. The van der Waals surface area contributed by atoms with Crippen LogP contribution in [0.25, 0.3) is 0 Å². The van der Waals surface area contributed by atoms with E-state index < -0.39 is 0 Å². The van der Waals surface area contributed by atoms with E-state index in [1.165, 1.54) is 11.1 Å². The normalized spacial score (nSPS) is 10.8. The van der Waals surface area contributed by atoms with Crippen LogP contribution in [0.4, 0.5) is 0 Å². The van der Waals surface area contributed by atoms with E-state index >= 15 is 0 Å². The number of hydrogen-bond donors (Lipinski definition) is 4. The van der Waals surface area contributed by atoms with Crippen LogP contribution < -0.4 is 21.3 Å². The maximum Gasteiger partial charge on any atom is 0.0206 e. The minimum atomic E-state index is 0.938. The molecule has 0 bridgehead atoms. The fraction of sp³-hybridized carbons (Fsp3) is 0.400. The molecule has 2 aromatic rings. The van der Waals surface area contributed by atoms with Crippen LogP contribution in [0.1, 0.15) is 11.1 Å². The van der Waals surface area contributed by atoms with Gasteiger partial charge < -0.3 is 21.3 Å². The Kier molecular flexibility index (Phi) is 9.83. The summed E-state index contributed by atoms with van der Waals surface area (Å²) in [4.78, 5) is 0. The summed E-state index contributed by atoms with van der Waals surface area (Å²) in [5.41, 5.74) is 2.67. The van der Waals surface area contributed by atoms with E-state index in [2.05, 4.69) is 81.9 Å². The molecule has 0 amide bonds. The second kappa shape index (κ2) is 12.7. The number of nitrogens with one attached hydrogen (secondary N) is 4. The van der Waals surface area contributed by atoms with Gasteiger partial charge in [-0.3, -0.25) is 0 Å². The van der Waals surface area contributed by atoms with Gasteiger partial charge in [0.15, 0.2) is 0 Å². The average molecular weight is 326 g/mol. The third-order valence-corrected chi connectivity index (χ3v) is 3.78. The summed E-state index contributed by atoms with van der Waals surface area (Å²) in [7, 11) is 0. The van der Waals surface area contributed by atoms with Gasteiger partial charge in [0, 0.05) is 52.4 Å². The highest BCUT2D eigenvalue weighted by Gasteiger charge is 1.92. The Morgan fingerprint density at radius 3 is 1.12 bits per heavy atom. The van der Waals surface area contributed by atoms with Crippen molar-refractivity contribution >= 4 is 0 Å². The summed E-state index contributed by atoms with van der Waals surface area (Å²) >= 11 is 0. The van der Waals surface area contributed by atoms with Gasteiger partial charge in [0.05, 0.1) is 0 Å². The lowest BCUT2D eigenvalue weighted by Gasteiger charge is -2.09. The highest BCUT2D eigenvalue weighted by atomic mass is 15.0. The van der Waals surface area contributed by atoms with Crippen LogP contribution >= 0.6 is 0 Å². The summed E-state index contributed by atoms with van der Waals surface area (Å²) in [6.45, 7) is 7.88. The lowest BCUT2D eigenvalue weighted by atomic mass is 10.2. The summed E-state index contributed by atoms with van der Waals surface area (Å²) < 4.78 is 0. The van der Waals surface area contributed by atoms with E-state index in [0.717, 1.165) is 52.4 Å². The molecule has 2 aromatic carbocycles. The Hall–Kier alpha value is -1.72. The molecule has 4 heteroatoms. The van der Waals surface area contributed by atoms with Crippen molar-refractivity contribution in [3.05, 3.63) is 71.8 Å². The fourth-order valence-corrected chi connectivity index (χ4v) is 2.44. The van der Waals surface area contributed by atoms with E-state index in [1.54, 1.807) is 0 Å². The molecule has 2 rings (SSSR count). The van der Waals surface area contributed by atoms with Crippen LogP contribution in [-0.2, 0) is 13.1 Å². The molecule has 0 atom stereocenters. The van der Waals surface area contributed by atoms with Crippen molar-refractivity contribution in [3.63, 3.8) is 0 Å². The molecule has 0 aliphatic heterocycles. The summed E-state index contributed by atoms with van der Waals surface area (Å²) in [5, 5.41) is 13.8. The molecule has 4 nitrogen and oxygen atoms in total. The molecule has 0 unspecified atom stereocenters. The van der Waals surface area contributed by atoms with Crippen LogP contribution in [0.15, 0.2) is 60.7 Å². The molecule has 4 N–H and O–H groups in total. The number of hydrogen-bond acceptors (Lipinski definition) is 4. The second-order valence-electron chi connectivity index (χ2n) is 5.82. The van der Waals surface area contributed by atoms with Crippen molar-refractivity contribution in [2.45, 2.75) is 13.1 Å². The maximum atomic E-state index is 3.44. The first-order chi connectivity index (χ1) is 11.9. The van der Waals surface area contributed by atoms with Gasteiger partial charge in [-0.1, -0.05) is 60.7 Å². The smallest absolute Gasteiger partial charge is 0.0206 e. The molecule has 130 valence electrons. The largest absolute Gasteiger partial charge is 0.314 e. The van der Waals surface area contributed by atoms with Crippen LogP contribution in [0.3, 0.4) is 0 Å². The molecule has 0 aliphatic rings. The summed E-state index contributed by atoms with van der Waals surface area (Å²) in [5.74, 6) is 0. The van der Waals surface area contributed by atoms with Crippen LogP contribution in [-0.4, -0.2) is 39.3 Å². The number of benzene rings is 2. The zero-order valence-electron chi connectivity index (χ0n) is 14.4. The van der Waals surface area contributed by atoms with Crippen molar-refractivity contribution in [1.29, 1.82) is 0 Å². The molecule has 0 aromatic heterocycles. The molecular formula is C20H30N4. The van der Waals surface area contributed by atoms with Crippen molar-refractivity contribution in [3.8, 4) is 0 Å². The van der Waals surface area contributed by atoms with Crippen molar-refractivity contribution in [2.24, 2.45) is 0 Å². The predicted octanol–water partition coefficient (Wildman–Crippen LogP) is 1.75. The van der Waals surface area contributed by atoms with E-state index in [0.29, 0.717) is 0 Å². The molecule has 0 fully saturated rings. The zero-order chi connectivity index (χ0) is 16.7. The van der Waals surface area contributed by atoms with Gasteiger partial charge >= 0.3 is 0 Å². The van der Waals surface area contributed by atoms with Gasteiger partial charge in [0.25, 0.3) is 0 Å². The maximum absolute atomic E-state index is 3.44. The Morgan fingerprint density at radius 1 is 0.417 bits per heavy atom. The highest BCUT2D eigenvalue weighted by Crippen LogP contribution is 1.97. The van der Waals surface area contributed by atoms with Crippen LogP contribution in [0, 0.1) is 0 Å². The molecule has 0 saturated heterocycles. The highest BCUT2D eigenvalue weighted by molar-refractivity contribution is 5.14. The lowest BCUT2D eigenvalue weighted by Crippen LogP contribution is -2.35. The average Bonchev–Trinajstić information content (AvgIpc) is 2.64. The van der Waals surface area contributed by atoms with Gasteiger partial charge in [-0.15, -0.1) is 0 Å². The molecule has 0 heterocycles. The minimum Gasteiger partial charge on any atom is -0.314 e. The monoisotopic (exact) mass is 326 g/mol. The standard InChI is InChI=1S/C20H30N4/c1-3-7-19(8-4-1)17-23-15-13-21-11-12-22-14-16-24-18-20-9-5-2-6-10-20/h1-10,21-24H,11-18H2. The van der Waals surface area contributed by atoms with E-state index in [1.807, 2.05) is 0 Å². The van der Waals surface area contributed by atoms with Gasteiger partial charge in [-0.05, 0) is 11.1 Å². The second-order valence-corrected chi connectivity index (χ2v) is 5.82. The van der Waals surface area contributed by atoms with E-state index in [-0.39, 0.29) is 0 Å². The third-order valence-electron chi connectivity index (χ3n) is 3.78. The third kappa shape index (κ3) is 8.79. The van der Waals surface area contributed by atoms with Crippen molar-refractivity contribution < 1.29 is 0 Å². The van der Waals surface area contributed by atoms with Gasteiger partial charge in [-0.25, -0.2) is 0 Å². The predicted molar refractivity (Wildman–Crippen MR) is 102 cm³/mol. The minimum absolute atomic E-state index is 0.938. The molecule has 24 heavy (non-hydrogen) atoms. The first kappa shape index (κ1) is 18.6. The molecule has 0 aliphatic carbocycles. The van der Waals surface area contributed by atoms with Crippen molar-refractivity contribution in [2.75, 3.05) is 39.3 Å². The van der Waals surface area contributed by atoms with Gasteiger partial charge in [0.1, 0.15) is 0 Å². The molecule has 0 radical (unpaired) electrons.